The first-order chi connectivity index (χ1) is 8.58. The van der Waals surface area contributed by atoms with Crippen LogP contribution in [0.5, 0.6) is 0 Å². The average molecular weight is 267 g/mol. The SMILES string of the molecule is CCCCC(CC)CS(=O)c1cc(C)ccc1N. The smallest absolute Gasteiger partial charge is 0.0620 e. The Balaban J connectivity index is 2.71. The van der Waals surface area contributed by atoms with Gasteiger partial charge in [0.05, 0.1) is 15.7 Å². The van der Waals surface area contributed by atoms with E-state index >= 15 is 0 Å². The average Bonchev–Trinajstić information content (AvgIpc) is 2.37. The summed E-state index contributed by atoms with van der Waals surface area (Å²) in [7, 11) is -0.964. The molecule has 1 aromatic rings. The van der Waals surface area contributed by atoms with Crippen LogP contribution in [0.3, 0.4) is 0 Å². The molecule has 0 saturated heterocycles. The van der Waals surface area contributed by atoms with Gasteiger partial charge in [-0.1, -0.05) is 39.2 Å². The number of hydrogen-bond acceptors (Lipinski definition) is 2. The Morgan fingerprint density at radius 2 is 2.06 bits per heavy atom. The predicted octanol–water partition coefficient (Wildman–Crippen LogP) is 3.90. The van der Waals surface area contributed by atoms with Gasteiger partial charge in [-0.2, -0.15) is 0 Å². The minimum Gasteiger partial charge on any atom is -0.398 e. The Hall–Kier alpha value is -0.830. The van der Waals surface area contributed by atoms with Crippen molar-refractivity contribution in [3.63, 3.8) is 0 Å². The summed E-state index contributed by atoms with van der Waals surface area (Å²) in [6.07, 6.45) is 4.69. The molecular weight excluding hydrogens is 242 g/mol. The second kappa shape index (κ2) is 7.57. The first-order valence-corrected chi connectivity index (χ1v) is 8.14. The van der Waals surface area contributed by atoms with E-state index in [4.69, 9.17) is 5.73 Å². The van der Waals surface area contributed by atoms with Crippen molar-refractivity contribution >= 4 is 16.5 Å². The molecule has 0 saturated carbocycles. The fourth-order valence-corrected chi connectivity index (χ4v) is 3.70. The number of nitrogens with two attached hydrogens (primary N) is 1. The van der Waals surface area contributed by atoms with Crippen LogP contribution in [0.15, 0.2) is 23.1 Å². The first kappa shape index (κ1) is 15.2. The lowest BCUT2D eigenvalue weighted by atomic mass is 10.0. The van der Waals surface area contributed by atoms with Gasteiger partial charge >= 0.3 is 0 Å². The van der Waals surface area contributed by atoms with E-state index in [1.807, 2.05) is 25.1 Å². The van der Waals surface area contributed by atoms with Crippen LogP contribution in [0.4, 0.5) is 5.69 Å². The Kier molecular flexibility index (Phi) is 6.41. The monoisotopic (exact) mass is 267 g/mol. The molecule has 0 aliphatic carbocycles. The molecule has 3 heteroatoms. The molecule has 2 unspecified atom stereocenters. The minimum absolute atomic E-state index is 0.547. The van der Waals surface area contributed by atoms with Crippen molar-refractivity contribution in [1.29, 1.82) is 0 Å². The third-order valence-electron chi connectivity index (χ3n) is 3.34. The molecule has 0 bridgehead atoms. The molecule has 18 heavy (non-hydrogen) atoms. The molecule has 0 fully saturated rings. The highest BCUT2D eigenvalue weighted by Crippen LogP contribution is 2.22. The van der Waals surface area contributed by atoms with Crippen LogP contribution in [-0.4, -0.2) is 9.96 Å². The highest BCUT2D eigenvalue weighted by Gasteiger charge is 2.14. The molecule has 0 heterocycles. The summed E-state index contributed by atoms with van der Waals surface area (Å²) in [5.41, 5.74) is 7.69. The van der Waals surface area contributed by atoms with E-state index in [2.05, 4.69) is 13.8 Å². The Labute approximate surface area is 113 Å². The molecule has 0 amide bonds. The van der Waals surface area contributed by atoms with Gasteiger partial charge in [0.15, 0.2) is 0 Å². The molecule has 2 N–H and O–H groups in total. The van der Waals surface area contributed by atoms with Crippen molar-refractivity contribution in [2.75, 3.05) is 11.5 Å². The Morgan fingerprint density at radius 3 is 2.67 bits per heavy atom. The normalized spacial score (nSPS) is 14.4. The quantitative estimate of drug-likeness (QED) is 0.761. The van der Waals surface area contributed by atoms with Crippen molar-refractivity contribution in [2.45, 2.75) is 51.3 Å². The molecule has 1 aromatic carbocycles. The molecular formula is C15H25NOS. The number of benzene rings is 1. The summed E-state index contributed by atoms with van der Waals surface area (Å²) >= 11 is 0. The number of anilines is 1. The minimum atomic E-state index is -0.964. The van der Waals surface area contributed by atoms with Crippen molar-refractivity contribution in [1.82, 2.24) is 0 Å². The predicted molar refractivity (Wildman–Crippen MR) is 80.2 cm³/mol. The first-order valence-electron chi connectivity index (χ1n) is 6.83. The maximum absolute atomic E-state index is 12.4. The zero-order valence-corrected chi connectivity index (χ0v) is 12.6. The van der Waals surface area contributed by atoms with Crippen molar-refractivity contribution < 1.29 is 4.21 Å². The zero-order valence-electron chi connectivity index (χ0n) is 11.7. The van der Waals surface area contributed by atoms with E-state index in [0.29, 0.717) is 11.6 Å². The molecule has 0 aliphatic rings. The summed E-state index contributed by atoms with van der Waals surface area (Å²) < 4.78 is 12.4. The number of unbranched alkanes of at least 4 members (excludes halogenated alkanes) is 1. The summed E-state index contributed by atoms with van der Waals surface area (Å²) in [6.45, 7) is 6.38. The van der Waals surface area contributed by atoms with Gasteiger partial charge in [0.2, 0.25) is 0 Å². The number of aryl methyl sites for hydroxylation is 1. The van der Waals surface area contributed by atoms with Gasteiger partial charge in [0, 0.05) is 11.4 Å². The standard InChI is InChI=1S/C15H25NOS/c1-4-6-7-13(5-2)11-18(17)15-10-12(3)8-9-14(15)16/h8-10,13H,4-7,11,16H2,1-3H3. The van der Waals surface area contributed by atoms with E-state index in [1.54, 1.807) is 0 Å². The third kappa shape index (κ3) is 4.45. The lowest BCUT2D eigenvalue weighted by Gasteiger charge is -2.15. The van der Waals surface area contributed by atoms with Gasteiger partial charge in [-0.05, 0) is 37.0 Å². The van der Waals surface area contributed by atoms with Gasteiger partial charge in [0.25, 0.3) is 0 Å². The molecule has 102 valence electrons. The van der Waals surface area contributed by atoms with Crippen LogP contribution >= 0.6 is 0 Å². The number of nitrogen functional groups attached to an aromatic ring is 1. The van der Waals surface area contributed by atoms with Crippen LogP contribution in [0.25, 0.3) is 0 Å². The second-order valence-corrected chi connectivity index (χ2v) is 6.43. The molecule has 0 radical (unpaired) electrons. The second-order valence-electron chi connectivity index (χ2n) is 4.97. The van der Waals surface area contributed by atoms with Gasteiger partial charge in [-0.3, -0.25) is 4.21 Å². The highest BCUT2D eigenvalue weighted by molar-refractivity contribution is 7.85. The van der Waals surface area contributed by atoms with Gasteiger partial charge in [-0.25, -0.2) is 0 Å². The van der Waals surface area contributed by atoms with Crippen molar-refractivity contribution in [3.05, 3.63) is 23.8 Å². The van der Waals surface area contributed by atoms with E-state index in [9.17, 15) is 4.21 Å². The van der Waals surface area contributed by atoms with E-state index in [1.165, 1.54) is 19.3 Å². The molecule has 0 spiro atoms. The maximum Gasteiger partial charge on any atom is 0.0620 e. The van der Waals surface area contributed by atoms with Crippen LogP contribution in [-0.2, 0) is 10.8 Å². The number of hydrogen-bond donors (Lipinski definition) is 1. The van der Waals surface area contributed by atoms with Crippen LogP contribution < -0.4 is 5.73 Å². The molecule has 1 rings (SSSR count). The third-order valence-corrected chi connectivity index (χ3v) is 4.96. The lowest BCUT2D eigenvalue weighted by Crippen LogP contribution is -2.12. The van der Waals surface area contributed by atoms with Crippen molar-refractivity contribution in [3.8, 4) is 0 Å². The largest absolute Gasteiger partial charge is 0.398 e. The van der Waals surface area contributed by atoms with Crippen LogP contribution in [0.2, 0.25) is 0 Å². The van der Waals surface area contributed by atoms with Gasteiger partial charge in [-0.15, -0.1) is 0 Å². The van der Waals surface area contributed by atoms with Crippen LogP contribution in [0, 0.1) is 12.8 Å². The Morgan fingerprint density at radius 1 is 1.33 bits per heavy atom. The van der Waals surface area contributed by atoms with E-state index in [0.717, 1.165) is 22.6 Å². The Bertz CT molecular complexity index is 403. The summed E-state index contributed by atoms with van der Waals surface area (Å²) in [6, 6.07) is 5.78. The fourth-order valence-electron chi connectivity index (χ4n) is 2.04. The van der Waals surface area contributed by atoms with E-state index in [-0.39, 0.29) is 0 Å². The van der Waals surface area contributed by atoms with Gasteiger partial charge < -0.3 is 5.73 Å². The topological polar surface area (TPSA) is 43.1 Å². The van der Waals surface area contributed by atoms with Crippen molar-refractivity contribution in [2.24, 2.45) is 5.92 Å². The summed E-state index contributed by atoms with van der Waals surface area (Å²) in [5, 5.41) is 0. The lowest BCUT2D eigenvalue weighted by molar-refractivity contribution is 0.494. The van der Waals surface area contributed by atoms with Gasteiger partial charge in [0.1, 0.15) is 0 Å². The molecule has 2 nitrogen and oxygen atoms in total. The van der Waals surface area contributed by atoms with Crippen LogP contribution in [0.1, 0.15) is 45.1 Å². The summed E-state index contributed by atoms with van der Waals surface area (Å²) in [5.74, 6) is 1.29. The molecule has 2 atom stereocenters. The molecule has 0 aromatic heterocycles. The number of rotatable bonds is 7. The molecule has 0 aliphatic heterocycles. The van der Waals surface area contributed by atoms with E-state index < -0.39 is 10.8 Å². The zero-order chi connectivity index (χ0) is 13.5. The maximum atomic E-state index is 12.4. The fraction of sp³-hybridized carbons (Fsp3) is 0.600. The summed E-state index contributed by atoms with van der Waals surface area (Å²) in [4.78, 5) is 0.810. The highest BCUT2D eigenvalue weighted by atomic mass is 32.2.